The molecule has 6 rings (SSSR count). The summed E-state index contributed by atoms with van der Waals surface area (Å²) in [4.78, 5) is 32.4. The first-order valence-electron chi connectivity index (χ1n) is 12.3. The Hall–Kier alpha value is -5.64. The predicted octanol–water partition coefficient (Wildman–Crippen LogP) is 4.47. The minimum atomic E-state index is -0.151. The molecule has 40 heavy (non-hydrogen) atoms. The van der Waals surface area contributed by atoms with Crippen molar-refractivity contribution in [2.24, 2.45) is 0 Å². The van der Waals surface area contributed by atoms with Crippen LogP contribution in [-0.4, -0.2) is 43.7 Å². The van der Waals surface area contributed by atoms with Crippen molar-refractivity contribution in [3.63, 3.8) is 0 Å². The van der Waals surface area contributed by atoms with Gasteiger partial charge in [-0.2, -0.15) is 0 Å². The number of pyridine rings is 2. The Kier molecular flexibility index (Phi) is 7.68. The van der Waals surface area contributed by atoms with Crippen LogP contribution in [0.1, 0.15) is 0 Å². The van der Waals surface area contributed by atoms with Crippen LogP contribution in [0.5, 0.6) is 11.5 Å². The molecule has 0 atom stereocenters. The SMILES string of the molecule is COc1cccc(-c2cc(=O)n(-c3ccccn3)[nH]2)c1.COc1cccc(-c2cc(=O)n(-c3ccccn3)[nH]2)c1. The molecule has 0 aliphatic carbocycles. The lowest BCUT2D eigenvalue weighted by atomic mass is 10.1. The number of nitrogens with one attached hydrogen (secondary N) is 2. The molecule has 6 aromatic rings. The fourth-order valence-corrected chi connectivity index (χ4v) is 3.98. The third kappa shape index (κ3) is 5.76. The van der Waals surface area contributed by atoms with Crippen LogP contribution < -0.4 is 20.6 Å². The molecule has 0 fully saturated rings. The van der Waals surface area contributed by atoms with Crippen LogP contribution >= 0.6 is 0 Å². The van der Waals surface area contributed by atoms with Gasteiger partial charge in [-0.1, -0.05) is 36.4 Å². The van der Waals surface area contributed by atoms with Gasteiger partial charge >= 0.3 is 0 Å². The highest BCUT2D eigenvalue weighted by molar-refractivity contribution is 5.61. The molecular weight excluding hydrogens is 508 g/mol. The van der Waals surface area contributed by atoms with Gasteiger partial charge in [0.25, 0.3) is 11.1 Å². The van der Waals surface area contributed by atoms with Crippen molar-refractivity contribution in [3.05, 3.63) is 130 Å². The Morgan fingerprint density at radius 1 is 0.575 bits per heavy atom. The number of rotatable bonds is 6. The van der Waals surface area contributed by atoms with Gasteiger partial charge in [-0.05, 0) is 48.5 Å². The molecule has 0 unspecified atom stereocenters. The number of ether oxygens (including phenoxy) is 2. The first-order valence-corrected chi connectivity index (χ1v) is 12.3. The van der Waals surface area contributed by atoms with E-state index in [1.165, 1.54) is 9.36 Å². The second-order valence-corrected chi connectivity index (χ2v) is 8.53. The summed E-state index contributed by atoms with van der Waals surface area (Å²) in [7, 11) is 3.22. The number of hydrogen-bond acceptors (Lipinski definition) is 6. The Morgan fingerprint density at radius 2 is 1.02 bits per heavy atom. The zero-order chi connectivity index (χ0) is 27.9. The summed E-state index contributed by atoms with van der Waals surface area (Å²) in [5, 5.41) is 6.10. The number of hydrogen-bond donors (Lipinski definition) is 2. The van der Waals surface area contributed by atoms with E-state index in [1.54, 1.807) is 63.0 Å². The minimum Gasteiger partial charge on any atom is -0.497 e. The molecule has 0 aliphatic heterocycles. The van der Waals surface area contributed by atoms with Crippen LogP contribution in [0.15, 0.2) is 119 Å². The normalized spacial score (nSPS) is 10.4. The molecule has 0 saturated heterocycles. The maximum atomic E-state index is 12.0. The van der Waals surface area contributed by atoms with Crippen LogP contribution in [-0.2, 0) is 0 Å². The molecule has 0 saturated carbocycles. The van der Waals surface area contributed by atoms with Crippen LogP contribution in [0.25, 0.3) is 34.2 Å². The summed E-state index contributed by atoms with van der Waals surface area (Å²) < 4.78 is 13.2. The van der Waals surface area contributed by atoms with Gasteiger partial charge in [0.15, 0.2) is 11.6 Å². The maximum Gasteiger partial charge on any atom is 0.273 e. The summed E-state index contributed by atoms with van der Waals surface area (Å²) >= 11 is 0. The first-order chi connectivity index (χ1) is 19.6. The topological polar surface area (TPSA) is 120 Å². The number of methoxy groups -OCH3 is 2. The largest absolute Gasteiger partial charge is 0.497 e. The lowest BCUT2D eigenvalue weighted by Crippen LogP contribution is -2.14. The molecule has 4 heterocycles. The number of benzene rings is 2. The highest BCUT2D eigenvalue weighted by Gasteiger charge is 2.09. The van der Waals surface area contributed by atoms with E-state index in [1.807, 2.05) is 60.7 Å². The minimum absolute atomic E-state index is 0.151. The second kappa shape index (κ2) is 11.8. The molecule has 0 radical (unpaired) electrons. The molecule has 0 spiro atoms. The van der Waals surface area contributed by atoms with Crippen molar-refractivity contribution in [1.29, 1.82) is 0 Å². The summed E-state index contributed by atoms with van der Waals surface area (Å²) in [6, 6.07) is 29.0. The summed E-state index contributed by atoms with van der Waals surface area (Å²) in [6.45, 7) is 0. The van der Waals surface area contributed by atoms with Gasteiger partial charge in [0.2, 0.25) is 0 Å². The molecule has 10 heteroatoms. The van der Waals surface area contributed by atoms with E-state index in [9.17, 15) is 9.59 Å². The summed E-state index contributed by atoms with van der Waals surface area (Å²) in [5.74, 6) is 2.61. The highest BCUT2D eigenvalue weighted by Crippen LogP contribution is 2.22. The van der Waals surface area contributed by atoms with Crippen LogP contribution in [0.3, 0.4) is 0 Å². The average molecular weight is 535 g/mol. The molecule has 0 amide bonds. The van der Waals surface area contributed by atoms with E-state index in [0.717, 1.165) is 34.0 Å². The number of aromatic nitrogens is 6. The van der Waals surface area contributed by atoms with Crippen molar-refractivity contribution in [1.82, 2.24) is 29.5 Å². The molecular formula is C30H26N6O4. The van der Waals surface area contributed by atoms with Gasteiger partial charge < -0.3 is 9.47 Å². The number of nitrogens with zero attached hydrogens (tertiary/aromatic N) is 4. The lowest BCUT2D eigenvalue weighted by molar-refractivity contribution is 0.415. The average Bonchev–Trinajstić information content (AvgIpc) is 3.61. The van der Waals surface area contributed by atoms with Crippen molar-refractivity contribution in [2.45, 2.75) is 0 Å². The summed E-state index contributed by atoms with van der Waals surface area (Å²) in [5.41, 5.74) is 2.91. The van der Waals surface area contributed by atoms with Crippen LogP contribution in [0.2, 0.25) is 0 Å². The maximum absolute atomic E-state index is 12.0. The van der Waals surface area contributed by atoms with Gasteiger partial charge in [0.05, 0.1) is 25.6 Å². The standard InChI is InChI=1S/2C15H13N3O2/c2*1-20-12-6-4-5-11(9-12)13-10-15(19)18(17-13)14-7-2-3-8-16-14/h2*2-10,17H,1H3. The monoisotopic (exact) mass is 534 g/mol. The van der Waals surface area contributed by atoms with Gasteiger partial charge in [-0.15, -0.1) is 0 Å². The van der Waals surface area contributed by atoms with Gasteiger partial charge in [0.1, 0.15) is 11.5 Å². The first kappa shape index (κ1) is 26.0. The Morgan fingerprint density at radius 3 is 1.40 bits per heavy atom. The Balaban J connectivity index is 0.000000161. The molecule has 10 nitrogen and oxygen atoms in total. The Bertz CT molecular complexity index is 1690. The van der Waals surface area contributed by atoms with E-state index in [-0.39, 0.29) is 11.1 Å². The van der Waals surface area contributed by atoms with E-state index in [4.69, 9.17) is 9.47 Å². The summed E-state index contributed by atoms with van der Waals surface area (Å²) in [6.07, 6.45) is 3.29. The fourth-order valence-electron chi connectivity index (χ4n) is 3.98. The van der Waals surface area contributed by atoms with Crippen molar-refractivity contribution in [3.8, 4) is 45.6 Å². The molecule has 2 aromatic carbocycles. The smallest absolute Gasteiger partial charge is 0.273 e. The van der Waals surface area contributed by atoms with Crippen molar-refractivity contribution < 1.29 is 9.47 Å². The zero-order valence-electron chi connectivity index (χ0n) is 21.8. The number of aromatic amines is 2. The zero-order valence-corrected chi connectivity index (χ0v) is 21.8. The van der Waals surface area contributed by atoms with E-state index in [2.05, 4.69) is 20.2 Å². The van der Waals surface area contributed by atoms with Gasteiger partial charge in [0, 0.05) is 35.7 Å². The van der Waals surface area contributed by atoms with Crippen LogP contribution in [0, 0.1) is 0 Å². The van der Waals surface area contributed by atoms with Crippen molar-refractivity contribution in [2.75, 3.05) is 14.2 Å². The van der Waals surface area contributed by atoms with E-state index < -0.39 is 0 Å². The van der Waals surface area contributed by atoms with Gasteiger partial charge in [-0.3, -0.25) is 19.8 Å². The fraction of sp³-hybridized carbons (Fsp3) is 0.0667. The van der Waals surface area contributed by atoms with E-state index in [0.29, 0.717) is 11.6 Å². The quantitative estimate of drug-likeness (QED) is 0.325. The molecule has 4 aromatic heterocycles. The number of H-pyrrole nitrogens is 2. The van der Waals surface area contributed by atoms with Crippen molar-refractivity contribution >= 4 is 0 Å². The van der Waals surface area contributed by atoms with Crippen LogP contribution in [0.4, 0.5) is 0 Å². The predicted molar refractivity (Wildman–Crippen MR) is 152 cm³/mol. The third-order valence-electron chi connectivity index (χ3n) is 5.96. The van der Waals surface area contributed by atoms with E-state index >= 15 is 0 Å². The third-order valence-corrected chi connectivity index (χ3v) is 5.96. The molecule has 2 N–H and O–H groups in total. The Labute approximate surface area is 229 Å². The molecule has 0 bridgehead atoms. The highest BCUT2D eigenvalue weighted by atomic mass is 16.5. The second-order valence-electron chi connectivity index (χ2n) is 8.53. The molecule has 200 valence electrons. The molecule has 0 aliphatic rings. The van der Waals surface area contributed by atoms with Gasteiger partial charge in [-0.25, -0.2) is 19.3 Å². The lowest BCUT2D eigenvalue weighted by Gasteiger charge is -2.03.